The van der Waals surface area contributed by atoms with Gasteiger partial charge in [0.25, 0.3) is 0 Å². The molecular formula is C17H23N5OS. The molecule has 0 unspecified atom stereocenters. The van der Waals surface area contributed by atoms with Gasteiger partial charge in [0.15, 0.2) is 0 Å². The highest BCUT2D eigenvalue weighted by Gasteiger charge is 2.45. The van der Waals surface area contributed by atoms with Crippen molar-refractivity contribution in [3.8, 4) is 0 Å². The van der Waals surface area contributed by atoms with Crippen molar-refractivity contribution >= 4 is 17.2 Å². The molecule has 1 aliphatic heterocycles. The molecule has 2 N–H and O–H groups in total. The Bertz CT molecular complexity index is 748. The van der Waals surface area contributed by atoms with Gasteiger partial charge < -0.3 is 10.6 Å². The fourth-order valence-corrected chi connectivity index (χ4v) is 4.77. The van der Waals surface area contributed by atoms with E-state index in [-0.39, 0.29) is 23.3 Å². The SMILES string of the molecule is Cc1csc(C2(NC(=O)[C@H]3CNC[C@@H]3c3cnn(C)c3)CCC2)n1. The van der Waals surface area contributed by atoms with Gasteiger partial charge >= 0.3 is 0 Å². The Morgan fingerprint density at radius 1 is 1.46 bits per heavy atom. The molecule has 2 fully saturated rings. The first kappa shape index (κ1) is 15.8. The molecule has 1 saturated heterocycles. The molecule has 2 atom stereocenters. The third-order valence-corrected chi connectivity index (χ3v) is 6.47. The van der Waals surface area contributed by atoms with Crippen molar-refractivity contribution in [2.45, 2.75) is 37.6 Å². The number of carbonyl (C=O) groups excluding carboxylic acids is 1. The zero-order chi connectivity index (χ0) is 16.7. The van der Waals surface area contributed by atoms with Gasteiger partial charge in [-0.25, -0.2) is 4.98 Å². The first-order valence-electron chi connectivity index (χ1n) is 8.51. The van der Waals surface area contributed by atoms with E-state index in [1.54, 1.807) is 16.0 Å². The van der Waals surface area contributed by atoms with E-state index < -0.39 is 0 Å². The maximum absolute atomic E-state index is 13.0. The average Bonchev–Trinajstić information content (AvgIpc) is 3.22. The quantitative estimate of drug-likeness (QED) is 0.884. The standard InChI is InChI=1S/C17H23N5OS/c1-11-10-24-16(20-11)17(4-3-5-17)21-15(23)14-8-18-7-13(14)12-6-19-22(2)9-12/h6,9-10,13-14,18H,3-5,7-8H2,1-2H3,(H,21,23)/t13-,14+/m1/s1. The van der Waals surface area contributed by atoms with Gasteiger partial charge in [-0.05, 0) is 31.7 Å². The number of thiazole rings is 1. The summed E-state index contributed by atoms with van der Waals surface area (Å²) in [6.45, 7) is 3.55. The first-order valence-corrected chi connectivity index (χ1v) is 9.39. The van der Waals surface area contributed by atoms with Crippen LogP contribution in [0.25, 0.3) is 0 Å². The molecular weight excluding hydrogens is 322 g/mol. The van der Waals surface area contributed by atoms with Gasteiger partial charge in [0, 0.05) is 43.3 Å². The summed E-state index contributed by atoms with van der Waals surface area (Å²) in [5.41, 5.74) is 1.93. The van der Waals surface area contributed by atoms with Gasteiger partial charge in [0.1, 0.15) is 5.01 Å². The van der Waals surface area contributed by atoms with E-state index in [1.807, 2.05) is 26.4 Å². The molecule has 6 nitrogen and oxygen atoms in total. The molecule has 2 aromatic rings. The van der Waals surface area contributed by atoms with Crippen LogP contribution in [0.15, 0.2) is 17.8 Å². The Morgan fingerprint density at radius 3 is 2.88 bits per heavy atom. The molecule has 0 spiro atoms. The number of hydrogen-bond acceptors (Lipinski definition) is 5. The van der Waals surface area contributed by atoms with Crippen molar-refractivity contribution in [1.29, 1.82) is 0 Å². The fourth-order valence-electron chi connectivity index (χ4n) is 3.76. The lowest BCUT2D eigenvalue weighted by Crippen LogP contribution is -2.53. The summed E-state index contributed by atoms with van der Waals surface area (Å²) < 4.78 is 1.80. The van der Waals surface area contributed by atoms with Crippen LogP contribution in [0.1, 0.15) is 41.4 Å². The van der Waals surface area contributed by atoms with Crippen molar-refractivity contribution < 1.29 is 4.79 Å². The molecule has 128 valence electrons. The third kappa shape index (κ3) is 2.65. The number of carbonyl (C=O) groups is 1. The minimum Gasteiger partial charge on any atom is -0.344 e. The van der Waals surface area contributed by atoms with E-state index in [2.05, 4.69) is 26.1 Å². The molecule has 2 aromatic heterocycles. The van der Waals surface area contributed by atoms with Crippen LogP contribution < -0.4 is 10.6 Å². The largest absolute Gasteiger partial charge is 0.344 e. The Labute approximate surface area is 145 Å². The van der Waals surface area contributed by atoms with Gasteiger partial charge in [-0.2, -0.15) is 5.10 Å². The molecule has 4 rings (SSSR count). The molecule has 1 saturated carbocycles. The molecule has 1 aliphatic carbocycles. The molecule has 1 amide bonds. The Kier molecular flexibility index (Phi) is 3.92. The molecule has 7 heteroatoms. The van der Waals surface area contributed by atoms with Crippen molar-refractivity contribution in [2.24, 2.45) is 13.0 Å². The van der Waals surface area contributed by atoms with E-state index in [0.717, 1.165) is 48.6 Å². The number of amides is 1. The van der Waals surface area contributed by atoms with Crippen LogP contribution >= 0.6 is 11.3 Å². The predicted octanol–water partition coefficient (Wildman–Crippen LogP) is 1.68. The first-order chi connectivity index (χ1) is 11.6. The summed E-state index contributed by atoms with van der Waals surface area (Å²) >= 11 is 1.66. The van der Waals surface area contributed by atoms with E-state index in [1.165, 1.54) is 0 Å². The third-order valence-electron chi connectivity index (χ3n) is 5.30. The van der Waals surface area contributed by atoms with Gasteiger partial charge in [0.05, 0.1) is 17.7 Å². The van der Waals surface area contributed by atoms with E-state index in [9.17, 15) is 4.79 Å². The van der Waals surface area contributed by atoms with E-state index in [4.69, 9.17) is 0 Å². The van der Waals surface area contributed by atoms with Gasteiger partial charge in [-0.1, -0.05) is 0 Å². The van der Waals surface area contributed by atoms with Crippen LogP contribution in [0.5, 0.6) is 0 Å². The van der Waals surface area contributed by atoms with Crippen LogP contribution in [0.3, 0.4) is 0 Å². The van der Waals surface area contributed by atoms with Gasteiger partial charge in [-0.3, -0.25) is 9.48 Å². The van der Waals surface area contributed by atoms with Crippen molar-refractivity contribution in [3.63, 3.8) is 0 Å². The second-order valence-electron chi connectivity index (χ2n) is 7.04. The predicted molar refractivity (Wildman–Crippen MR) is 92.8 cm³/mol. The molecule has 3 heterocycles. The Balaban J connectivity index is 1.52. The highest BCUT2D eigenvalue weighted by Crippen LogP contribution is 2.43. The lowest BCUT2D eigenvalue weighted by Gasteiger charge is -2.41. The molecule has 0 aromatic carbocycles. The normalized spacial score (nSPS) is 25.4. The summed E-state index contributed by atoms with van der Waals surface area (Å²) in [5, 5.41) is 14.1. The van der Waals surface area contributed by atoms with Crippen LogP contribution in [0.2, 0.25) is 0 Å². The maximum Gasteiger partial charge on any atom is 0.225 e. The number of nitrogens with zero attached hydrogens (tertiary/aromatic N) is 3. The lowest BCUT2D eigenvalue weighted by molar-refractivity contribution is -0.128. The zero-order valence-electron chi connectivity index (χ0n) is 14.1. The van der Waals surface area contributed by atoms with E-state index >= 15 is 0 Å². The number of nitrogens with one attached hydrogen (secondary N) is 2. The summed E-state index contributed by atoms with van der Waals surface area (Å²) in [5.74, 6) is 0.281. The van der Waals surface area contributed by atoms with Crippen molar-refractivity contribution in [1.82, 2.24) is 25.4 Å². The van der Waals surface area contributed by atoms with Crippen molar-refractivity contribution in [3.05, 3.63) is 34.0 Å². The summed E-state index contributed by atoms with van der Waals surface area (Å²) in [6.07, 6.45) is 7.02. The van der Waals surface area contributed by atoms with Crippen LogP contribution in [0.4, 0.5) is 0 Å². The van der Waals surface area contributed by atoms with Crippen LogP contribution in [-0.4, -0.2) is 33.8 Å². The smallest absolute Gasteiger partial charge is 0.225 e. The molecule has 0 bridgehead atoms. The summed E-state index contributed by atoms with van der Waals surface area (Å²) in [6, 6.07) is 0. The zero-order valence-corrected chi connectivity index (χ0v) is 14.9. The van der Waals surface area contributed by atoms with Crippen LogP contribution in [-0.2, 0) is 17.4 Å². The molecule has 0 radical (unpaired) electrons. The van der Waals surface area contributed by atoms with Gasteiger partial charge in [0.2, 0.25) is 5.91 Å². The Hall–Kier alpha value is -1.73. The topological polar surface area (TPSA) is 71.8 Å². The molecule has 2 aliphatic rings. The number of aromatic nitrogens is 3. The second-order valence-corrected chi connectivity index (χ2v) is 7.90. The van der Waals surface area contributed by atoms with Gasteiger partial charge in [-0.15, -0.1) is 11.3 Å². The summed E-state index contributed by atoms with van der Waals surface area (Å²) in [7, 11) is 1.91. The average molecular weight is 345 g/mol. The minimum atomic E-state index is -0.238. The highest BCUT2D eigenvalue weighted by atomic mass is 32.1. The highest BCUT2D eigenvalue weighted by molar-refractivity contribution is 7.09. The molecule has 24 heavy (non-hydrogen) atoms. The summed E-state index contributed by atoms with van der Waals surface area (Å²) in [4.78, 5) is 17.7. The monoisotopic (exact) mass is 345 g/mol. The second kappa shape index (κ2) is 5.97. The van der Waals surface area contributed by atoms with Crippen LogP contribution in [0, 0.1) is 12.8 Å². The Morgan fingerprint density at radius 2 is 2.29 bits per heavy atom. The lowest BCUT2D eigenvalue weighted by atomic mass is 9.76. The number of aryl methyl sites for hydroxylation is 2. The maximum atomic E-state index is 13.0. The fraction of sp³-hybridized carbons (Fsp3) is 0.588. The number of hydrogen-bond donors (Lipinski definition) is 2. The van der Waals surface area contributed by atoms with Crippen molar-refractivity contribution in [2.75, 3.05) is 13.1 Å². The minimum absolute atomic E-state index is 0.0484. The number of rotatable bonds is 4. The van der Waals surface area contributed by atoms with E-state index in [0.29, 0.717) is 0 Å².